The number of rotatable bonds is 6. The van der Waals surface area contributed by atoms with Crippen LogP contribution in [0.15, 0.2) is 46.8 Å². The Hall–Kier alpha value is -2.54. The highest BCUT2D eigenvalue weighted by molar-refractivity contribution is 7.14. The lowest BCUT2D eigenvalue weighted by Crippen LogP contribution is -2.48. The summed E-state index contributed by atoms with van der Waals surface area (Å²) in [5.74, 6) is 0.521. The van der Waals surface area contributed by atoms with Gasteiger partial charge in [-0.25, -0.2) is 9.79 Å². The molecule has 7 heteroatoms. The maximum atomic E-state index is 11.5. The number of benzene rings is 1. The van der Waals surface area contributed by atoms with E-state index in [4.69, 9.17) is 9.73 Å². The predicted octanol–water partition coefficient (Wildman–Crippen LogP) is 3.26. The van der Waals surface area contributed by atoms with E-state index in [1.807, 2.05) is 12.1 Å². The van der Waals surface area contributed by atoms with E-state index in [0.29, 0.717) is 18.2 Å². The van der Waals surface area contributed by atoms with Gasteiger partial charge in [-0.1, -0.05) is 12.1 Å². The molecule has 6 nitrogen and oxygen atoms in total. The molecule has 3 rings (SSSR count). The van der Waals surface area contributed by atoms with Crippen LogP contribution in [0.4, 0.5) is 5.00 Å². The Labute approximate surface area is 170 Å². The third kappa shape index (κ3) is 5.48. The average molecular weight is 401 g/mol. The number of hydrogen-bond donors (Lipinski definition) is 2. The molecule has 28 heavy (non-hydrogen) atoms. The van der Waals surface area contributed by atoms with Gasteiger partial charge in [0.1, 0.15) is 0 Å². The molecule has 1 aliphatic heterocycles. The van der Waals surface area contributed by atoms with Crippen LogP contribution in [-0.2, 0) is 11.3 Å². The molecule has 0 spiro atoms. The molecular formula is C21H28N4O2S. The Morgan fingerprint density at radius 3 is 2.61 bits per heavy atom. The molecule has 0 radical (unpaired) electrons. The summed E-state index contributed by atoms with van der Waals surface area (Å²) in [6.45, 7) is 5.58. The number of anilines is 1. The fourth-order valence-corrected chi connectivity index (χ4v) is 4.03. The monoisotopic (exact) mass is 400 g/mol. The van der Waals surface area contributed by atoms with Crippen molar-refractivity contribution in [3.05, 3.63) is 52.9 Å². The number of esters is 1. The molecule has 150 valence electrons. The van der Waals surface area contributed by atoms with E-state index in [-0.39, 0.29) is 5.97 Å². The molecule has 1 aliphatic rings. The average Bonchev–Trinajstić information content (AvgIpc) is 3.27. The first-order chi connectivity index (χ1) is 13.7. The van der Waals surface area contributed by atoms with Crippen LogP contribution in [0, 0.1) is 0 Å². The van der Waals surface area contributed by atoms with Crippen molar-refractivity contribution in [3.63, 3.8) is 0 Å². The van der Waals surface area contributed by atoms with Gasteiger partial charge in [-0.05, 0) is 55.0 Å². The molecule has 0 unspecified atom stereocenters. The number of carbonyl (C=O) groups is 1. The third-order valence-corrected chi connectivity index (χ3v) is 5.72. The predicted molar refractivity (Wildman–Crippen MR) is 115 cm³/mol. The smallest absolute Gasteiger partial charge is 0.337 e. The van der Waals surface area contributed by atoms with E-state index >= 15 is 0 Å². The summed E-state index contributed by atoms with van der Waals surface area (Å²) in [6.07, 6.45) is 2.19. The quantitative estimate of drug-likeness (QED) is 0.443. The van der Waals surface area contributed by atoms with E-state index in [1.54, 1.807) is 23.5 Å². The van der Waals surface area contributed by atoms with Crippen molar-refractivity contribution in [2.24, 2.45) is 4.99 Å². The first-order valence-corrected chi connectivity index (χ1v) is 10.6. The number of guanidine groups is 1. The lowest BCUT2D eigenvalue weighted by Gasteiger charge is -2.33. The van der Waals surface area contributed by atoms with Gasteiger partial charge in [0.25, 0.3) is 0 Å². The van der Waals surface area contributed by atoms with E-state index in [0.717, 1.165) is 44.0 Å². The number of aliphatic imine (C=N–C) groups is 1. The van der Waals surface area contributed by atoms with Gasteiger partial charge in [0.2, 0.25) is 0 Å². The number of carbonyl (C=O) groups excluding carboxylic acids is 1. The summed E-state index contributed by atoms with van der Waals surface area (Å²) in [5.41, 5.74) is 1.61. The van der Waals surface area contributed by atoms with E-state index in [2.05, 4.69) is 40.0 Å². The number of nitrogens with one attached hydrogen (secondary N) is 2. The molecule has 0 bridgehead atoms. The summed E-state index contributed by atoms with van der Waals surface area (Å²) in [5, 5.41) is 10.4. The second-order valence-electron chi connectivity index (χ2n) is 6.74. The van der Waals surface area contributed by atoms with Gasteiger partial charge < -0.3 is 20.3 Å². The van der Waals surface area contributed by atoms with Crippen LogP contribution >= 0.6 is 11.3 Å². The molecule has 1 aromatic carbocycles. The molecule has 0 atom stereocenters. The zero-order valence-corrected chi connectivity index (χ0v) is 17.3. The first-order valence-electron chi connectivity index (χ1n) is 9.70. The minimum absolute atomic E-state index is 0.320. The van der Waals surface area contributed by atoms with Crippen molar-refractivity contribution >= 4 is 28.3 Å². The summed E-state index contributed by atoms with van der Waals surface area (Å²) in [6, 6.07) is 12.1. The second-order valence-corrected chi connectivity index (χ2v) is 7.67. The lowest BCUT2D eigenvalue weighted by molar-refractivity contribution is 0.0600. The Morgan fingerprint density at radius 2 is 2.00 bits per heavy atom. The maximum absolute atomic E-state index is 11.5. The van der Waals surface area contributed by atoms with Crippen LogP contribution in [0.25, 0.3) is 0 Å². The van der Waals surface area contributed by atoms with Gasteiger partial charge in [-0.2, -0.15) is 0 Å². The number of piperidine rings is 1. The van der Waals surface area contributed by atoms with Crippen molar-refractivity contribution in [2.45, 2.75) is 32.4 Å². The largest absolute Gasteiger partial charge is 0.465 e. The van der Waals surface area contributed by atoms with E-state index in [9.17, 15) is 4.79 Å². The second kappa shape index (κ2) is 10.1. The molecule has 2 aromatic rings. The molecule has 2 heterocycles. The van der Waals surface area contributed by atoms with Crippen LogP contribution in [0.1, 0.15) is 35.7 Å². The van der Waals surface area contributed by atoms with Crippen LogP contribution < -0.4 is 15.5 Å². The Kier molecular flexibility index (Phi) is 7.31. The van der Waals surface area contributed by atoms with Crippen molar-refractivity contribution in [1.82, 2.24) is 10.6 Å². The minimum Gasteiger partial charge on any atom is -0.465 e. The van der Waals surface area contributed by atoms with E-state index in [1.165, 1.54) is 12.1 Å². The molecule has 0 amide bonds. The number of methoxy groups -OCH3 is 1. The normalized spacial score (nSPS) is 15.4. The van der Waals surface area contributed by atoms with Crippen molar-refractivity contribution in [2.75, 3.05) is 31.6 Å². The molecule has 1 saturated heterocycles. The molecule has 1 aromatic heterocycles. The fraction of sp³-hybridized carbons (Fsp3) is 0.429. The van der Waals surface area contributed by atoms with Crippen LogP contribution in [0.3, 0.4) is 0 Å². The van der Waals surface area contributed by atoms with Crippen LogP contribution in [0.2, 0.25) is 0 Å². The molecular weight excluding hydrogens is 372 g/mol. The zero-order chi connectivity index (χ0) is 19.8. The SMILES string of the molecule is CCNC(=NCc1ccc(C(=O)OC)cc1)NC1CCN(c2cccs2)CC1. The van der Waals surface area contributed by atoms with Crippen molar-refractivity contribution in [3.8, 4) is 0 Å². The summed E-state index contributed by atoms with van der Waals surface area (Å²) < 4.78 is 4.73. The number of ether oxygens (including phenoxy) is 1. The topological polar surface area (TPSA) is 66.0 Å². The zero-order valence-electron chi connectivity index (χ0n) is 16.5. The Morgan fingerprint density at radius 1 is 1.25 bits per heavy atom. The Bertz CT molecular complexity index is 766. The number of nitrogens with zero attached hydrogens (tertiary/aromatic N) is 2. The number of thiophene rings is 1. The highest BCUT2D eigenvalue weighted by Crippen LogP contribution is 2.24. The minimum atomic E-state index is -0.320. The van der Waals surface area contributed by atoms with Crippen molar-refractivity contribution < 1.29 is 9.53 Å². The van der Waals surface area contributed by atoms with Gasteiger partial charge >= 0.3 is 5.97 Å². The summed E-state index contributed by atoms with van der Waals surface area (Å²) in [4.78, 5) is 18.7. The summed E-state index contributed by atoms with van der Waals surface area (Å²) >= 11 is 1.80. The molecule has 0 aliphatic carbocycles. The Balaban J connectivity index is 1.53. The first kappa shape index (κ1) is 20.2. The fourth-order valence-electron chi connectivity index (χ4n) is 3.24. The van der Waals surface area contributed by atoms with Gasteiger partial charge in [-0.3, -0.25) is 0 Å². The van der Waals surface area contributed by atoms with Gasteiger partial charge in [0, 0.05) is 25.7 Å². The van der Waals surface area contributed by atoms with Crippen molar-refractivity contribution in [1.29, 1.82) is 0 Å². The lowest BCUT2D eigenvalue weighted by atomic mass is 10.1. The highest BCUT2D eigenvalue weighted by atomic mass is 32.1. The standard InChI is InChI=1S/C21H28N4O2S/c1-3-22-21(23-15-16-6-8-17(9-7-16)20(26)27-2)24-18-10-12-25(13-11-18)19-5-4-14-28-19/h4-9,14,18H,3,10-13,15H2,1-2H3,(H2,22,23,24). The van der Waals surface area contributed by atoms with Crippen LogP contribution in [0.5, 0.6) is 0 Å². The summed E-state index contributed by atoms with van der Waals surface area (Å²) in [7, 11) is 1.39. The molecule has 1 fully saturated rings. The number of hydrogen-bond acceptors (Lipinski definition) is 5. The highest BCUT2D eigenvalue weighted by Gasteiger charge is 2.20. The van der Waals surface area contributed by atoms with Gasteiger partial charge in [-0.15, -0.1) is 11.3 Å². The van der Waals surface area contributed by atoms with Crippen LogP contribution in [-0.4, -0.2) is 44.7 Å². The molecule has 0 saturated carbocycles. The third-order valence-electron chi connectivity index (χ3n) is 4.79. The van der Waals surface area contributed by atoms with Gasteiger partial charge in [0.05, 0.1) is 24.2 Å². The molecule has 2 N–H and O–H groups in total. The van der Waals surface area contributed by atoms with Gasteiger partial charge in [0.15, 0.2) is 5.96 Å². The van der Waals surface area contributed by atoms with E-state index < -0.39 is 0 Å². The maximum Gasteiger partial charge on any atom is 0.337 e.